The van der Waals surface area contributed by atoms with Crippen LogP contribution in [0.15, 0.2) is 11.6 Å². The molecule has 424 valence electrons. The van der Waals surface area contributed by atoms with Gasteiger partial charge < -0.3 is 104 Å². The van der Waals surface area contributed by atoms with Crippen molar-refractivity contribution in [3.63, 3.8) is 0 Å². The number of fused-ring (bicyclic) bond motifs is 7. The smallest absolute Gasteiger partial charge is 0.317 e. The lowest BCUT2D eigenvalue weighted by atomic mass is 9.33. The first-order chi connectivity index (χ1) is 34.6. The average molecular weight is 1060 g/mol. The summed E-state index contributed by atoms with van der Waals surface area (Å²) in [5.41, 5.74) is -2.27. The van der Waals surface area contributed by atoms with Crippen LogP contribution in [0.4, 0.5) is 0 Å². The molecule has 8 fully saturated rings. The van der Waals surface area contributed by atoms with E-state index in [2.05, 4.69) is 54.5 Å². The Labute approximate surface area is 431 Å². The normalized spacial score (nSPS) is 54.1. The lowest BCUT2D eigenvalue weighted by molar-refractivity contribution is -0.367. The van der Waals surface area contributed by atoms with Crippen LogP contribution in [0.2, 0.25) is 0 Å². The van der Waals surface area contributed by atoms with Gasteiger partial charge in [-0.1, -0.05) is 60.1 Å². The molecule has 27 atom stereocenters. The summed E-state index contributed by atoms with van der Waals surface area (Å²) in [6.45, 7) is 13.7. The van der Waals surface area contributed by atoms with Crippen LogP contribution in [0.25, 0.3) is 0 Å². The molecule has 5 aliphatic carbocycles. The number of hydrogen-bond donors (Lipinski definition) is 13. The first-order valence-electron chi connectivity index (χ1n) is 26.7. The van der Waals surface area contributed by atoms with Crippen molar-refractivity contribution in [1.82, 2.24) is 0 Å². The molecule has 0 radical (unpaired) electrons. The fourth-order valence-corrected chi connectivity index (χ4v) is 15.9. The SMILES string of the molecule is CC1(C)CCC2(C(=O)OC3OC(COC4OCC(O)C(O)C4O)C(O)C(O)C3O)C(O)CC3(C)C(=CCC4C5(C)CCC(OC6OCC(O)C(O)C6OC6OC(CO)C(O)C(O)C6O)C(C)(C)C5CCC43C)C2C1. The van der Waals surface area contributed by atoms with Crippen LogP contribution < -0.4 is 0 Å². The Morgan fingerprint density at radius 2 is 1.23 bits per heavy atom. The van der Waals surface area contributed by atoms with Crippen molar-refractivity contribution in [2.45, 2.75) is 229 Å². The largest absolute Gasteiger partial charge is 0.432 e. The minimum absolute atomic E-state index is 0.107. The molecule has 74 heavy (non-hydrogen) atoms. The summed E-state index contributed by atoms with van der Waals surface area (Å²) in [4.78, 5) is 15.1. The Morgan fingerprint density at radius 1 is 0.622 bits per heavy atom. The molecule has 22 nitrogen and oxygen atoms in total. The molecular weight excluding hydrogens is 977 g/mol. The van der Waals surface area contributed by atoms with Crippen LogP contribution in [0.3, 0.4) is 0 Å². The molecule has 0 aromatic carbocycles. The minimum Gasteiger partial charge on any atom is -0.432 e. The van der Waals surface area contributed by atoms with Crippen molar-refractivity contribution >= 4 is 5.97 Å². The topological polar surface area (TPSA) is 354 Å². The minimum atomic E-state index is -1.88. The highest BCUT2D eigenvalue weighted by molar-refractivity contribution is 5.80. The van der Waals surface area contributed by atoms with Crippen LogP contribution in [-0.2, 0) is 42.7 Å². The quantitative estimate of drug-likeness (QED) is 0.0653. The molecule has 9 aliphatic rings. The van der Waals surface area contributed by atoms with Gasteiger partial charge in [0.1, 0.15) is 90.9 Å². The van der Waals surface area contributed by atoms with Crippen molar-refractivity contribution in [2.24, 2.45) is 50.2 Å². The van der Waals surface area contributed by atoms with Gasteiger partial charge in [-0.25, -0.2) is 0 Å². The van der Waals surface area contributed by atoms with E-state index in [1.165, 1.54) is 0 Å². The predicted octanol–water partition coefficient (Wildman–Crippen LogP) is -1.79. The summed E-state index contributed by atoms with van der Waals surface area (Å²) < 4.78 is 47.2. The Morgan fingerprint density at radius 3 is 1.91 bits per heavy atom. The van der Waals surface area contributed by atoms with E-state index < -0.39 is 164 Å². The Bertz CT molecular complexity index is 2040. The maximum Gasteiger partial charge on any atom is 0.317 e. The van der Waals surface area contributed by atoms with Crippen molar-refractivity contribution in [2.75, 3.05) is 26.4 Å². The number of esters is 1. The molecular formula is C52H84O22. The van der Waals surface area contributed by atoms with Gasteiger partial charge in [-0.05, 0) is 103 Å². The van der Waals surface area contributed by atoms with Crippen molar-refractivity contribution in [1.29, 1.82) is 0 Å². The van der Waals surface area contributed by atoms with E-state index in [0.717, 1.165) is 24.8 Å². The molecule has 27 unspecified atom stereocenters. The number of carbonyl (C=O) groups excluding carboxylic acids is 1. The molecule has 0 bridgehead atoms. The standard InChI is InChI=1S/C52H84O22/c1-47(2)14-15-52(46(66)74-44-40(65)37(62)35(60)27(71-44)21-69-42-38(63)32(57)24(54)19-67-42)23(16-47)22-8-9-29-49(5)12-11-31(48(3,4)28(49)10-13-50(29,6)51(22,7)17-30(52)56)72-45-41(33(58)25(55)20-68-45)73-43-39(64)36(61)34(59)26(18-53)70-43/h8,23-45,53-65H,9-21H2,1-7H3. The summed E-state index contributed by atoms with van der Waals surface area (Å²) in [6, 6.07) is 0. The summed E-state index contributed by atoms with van der Waals surface area (Å²) in [6.07, 6.45) is -22.3. The fraction of sp³-hybridized carbons (Fsp3) is 0.942. The number of aliphatic hydroxyl groups excluding tert-OH is 13. The zero-order valence-corrected chi connectivity index (χ0v) is 43.5. The fourth-order valence-electron chi connectivity index (χ4n) is 15.9. The molecule has 4 saturated carbocycles. The Hall–Kier alpha value is -1.59. The number of ether oxygens (including phenoxy) is 8. The van der Waals surface area contributed by atoms with Gasteiger partial charge >= 0.3 is 5.97 Å². The zero-order chi connectivity index (χ0) is 54.0. The lowest BCUT2D eigenvalue weighted by Gasteiger charge is -2.71. The van der Waals surface area contributed by atoms with Crippen LogP contribution in [0.5, 0.6) is 0 Å². The number of hydrogen-bond acceptors (Lipinski definition) is 22. The van der Waals surface area contributed by atoms with Crippen LogP contribution in [0, 0.1) is 50.2 Å². The van der Waals surface area contributed by atoms with Crippen LogP contribution in [-0.4, -0.2) is 222 Å². The first kappa shape index (κ1) is 57.1. The maximum absolute atomic E-state index is 15.1. The van der Waals surface area contributed by atoms with Gasteiger partial charge in [-0.3, -0.25) is 4.79 Å². The summed E-state index contributed by atoms with van der Waals surface area (Å²) >= 11 is 0. The monoisotopic (exact) mass is 1060 g/mol. The molecule has 9 rings (SSSR count). The predicted molar refractivity (Wildman–Crippen MR) is 252 cm³/mol. The maximum atomic E-state index is 15.1. The Kier molecular flexibility index (Phi) is 15.8. The number of allylic oxidation sites excluding steroid dienone is 2. The summed E-state index contributed by atoms with van der Waals surface area (Å²) in [7, 11) is 0. The molecule has 0 spiro atoms. The van der Waals surface area contributed by atoms with E-state index in [-0.39, 0.29) is 54.1 Å². The molecule has 22 heteroatoms. The van der Waals surface area contributed by atoms with Crippen LogP contribution >= 0.6 is 0 Å². The van der Waals surface area contributed by atoms with Gasteiger partial charge in [0, 0.05) is 0 Å². The molecule has 4 saturated heterocycles. The highest BCUT2D eigenvalue weighted by Crippen LogP contribution is 2.76. The number of carbonyl (C=O) groups is 1. The highest BCUT2D eigenvalue weighted by Gasteiger charge is 2.72. The van der Waals surface area contributed by atoms with Crippen molar-refractivity contribution in [3.8, 4) is 0 Å². The van der Waals surface area contributed by atoms with Crippen LogP contribution in [0.1, 0.15) is 106 Å². The third kappa shape index (κ3) is 9.16. The van der Waals surface area contributed by atoms with E-state index in [1.807, 2.05) is 0 Å². The van der Waals surface area contributed by atoms with Crippen molar-refractivity contribution < 1.29 is 109 Å². The molecule has 13 N–H and O–H groups in total. The van der Waals surface area contributed by atoms with E-state index in [9.17, 15) is 66.4 Å². The van der Waals surface area contributed by atoms with Gasteiger partial charge in [0.2, 0.25) is 6.29 Å². The third-order valence-corrected chi connectivity index (χ3v) is 20.6. The number of aliphatic hydroxyl groups is 13. The second kappa shape index (κ2) is 20.5. The molecule has 4 aliphatic heterocycles. The van der Waals surface area contributed by atoms with E-state index in [1.54, 1.807) is 0 Å². The Balaban J connectivity index is 0.937. The van der Waals surface area contributed by atoms with Gasteiger partial charge in [0.15, 0.2) is 18.9 Å². The van der Waals surface area contributed by atoms with E-state index in [4.69, 9.17) is 37.9 Å². The summed E-state index contributed by atoms with van der Waals surface area (Å²) in [5.74, 6) is -1.03. The molecule has 0 aromatic heterocycles. The van der Waals surface area contributed by atoms with Crippen molar-refractivity contribution in [3.05, 3.63) is 11.6 Å². The second-order valence-corrected chi connectivity index (χ2v) is 25.5. The zero-order valence-electron chi connectivity index (χ0n) is 43.5. The van der Waals surface area contributed by atoms with E-state index in [0.29, 0.717) is 25.7 Å². The lowest BCUT2D eigenvalue weighted by Crippen LogP contribution is -2.68. The first-order valence-corrected chi connectivity index (χ1v) is 26.7. The van der Waals surface area contributed by atoms with Gasteiger partial charge in [0.25, 0.3) is 0 Å². The molecule has 0 amide bonds. The van der Waals surface area contributed by atoms with Gasteiger partial charge in [-0.2, -0.15) is 0 Å². The third-order valence-electron chi connectivity index (χ3n) is 20.6. The number of rotatable bonds is 10. The van der Waals surface area contributed by atoms with Gasteiger partial charge in [-0.15, -0.1) is 0 Å². The average Bonchev–Trinajstić information content (AvgIpc) is 3.34. The van der Waals surface area contributed by atoms with E-state index >= 15 is 4.79 Å². The highest BCUT2D eigenvalue weighted by atomic mass is 16.8. The molecule has 4 heterocycles. The summed E-state index contributed by atoms with van der Waals surface area (Å²) in [5, 5.41) is 140. The second-order valence-electron chi connectivity index (χ2n) is 25.5. The molecule has 0 aromatic rings. The van der Waals surface area contributed by atoms with Gasteiger partial charge in [0.05, 0.1) is 38.6 Å².